The van der Waals surface area contributed by atoms with Crippen LogP contribution in [0.3, 0.4) is 0 Å². The van der Waals surface area contributed by atoms with E-state index in [4.69, 9.17) is 4.74 Å². The fourth-order valence-corrected chi connectivity index (χ4v) is 2.57. The highest BCUT2D eigenvalue weighted by molar-refractivity contribution is 5.92. The largest absolute Gasteiger partial charge is 0.374 e. The Morgan fingerprint density at radius 3 is 2.95 bits per heavy atom. The van der Waals surface area contributed by atoms with Crippen molar-refractivity contribution in [3.05, 3.63) is 41.5 Å². The number of carbonyl (C=O) groups excluding carboxylic acids is 1. The van der Waals surface area contributed by atoms with Gasteiger partial charge >= 0.3 is 0 Å². The Kier molecular flexibility index (Phi) is 3.06. The lowest BCUT2D eigenvalue weighted by atomic mass is 10.2. The number of morpholine rings is 1. The molecule has 0 aliphatic carbocycles. The molecule has 2 bridgehead atoms. The monoisotopic (exact) mass is 265 g/mol. The third-order valence-corrected chi connectivity index (χ3v) is 3.55. The number of halogens is 2. The second kappa shape index (κ2) is 4.74. The van der Waals surface area contributed by atoms with Gasteiger partial charge in [-0.1, -0.05) is 0 Å². The van der Waals surface area contributed by atoms with E-state index in [0.717, 1.165) is 24.6 Å². The molecule has 5 heteroatoms. The van der Waals surface area contributed by atoms with Crippen molar-refractivity contribution in [1.82, 2.24) is 4.90 Å². The first-order valence-corrected chi connectivity index (χ1v) is 6.19. The molecule has 2 atom stereocenters. The van der Waals surface area contributed by atoms with Gasteiger partial charge in [-0.25, -0.2) is 8.78 Å². The SMILES string of the molecule is O=C(C=Cc1cc(F)ccc1F)N1CC2CC1CO2. The molecule has 2 saturated heterocycles. The summed E-state index contributed by atoms with van der Waals surface area (Å²) in [7, 11) is 0. The highest BCUT2D eigenvalue weighted by Gasteiger charge is 2.40. The average Bonchev–Trinajstić information content (AvgIpc) is 3.02. The first-order chi connectivity index (χ1) is 9.13. The van der Waals surface area contributed by atoms with Crippen molar-refractivity contribution in [2.45, 2.75) is 18.6 Å². The molecule has 0 spiro atoms. The van der Waals surface area contributed by atoms with Gasteiger partial charge in [-0.15, -0.1) is 0 Å². The van der Waals surface area contributed by atoms with E-state index in [0.29, 0.717) is 13.2 Å². The summed E-state index contributed by atoms with van der Waals surface area (Å²) in [6.07, 6.45) is 3.60. The zero-order valence-electron chi connectivity index (χ0n) is 10.2. The fraction of sp³-hybridized carbons (Fsp3) is 0.357. The maximum Gasteiger partial charge on any atom is 0.246 e. The lowest BCUT2D eigenvalue weighted by Crippen LogP contribution is -2.40. The van der Waals surface area contributed by atoms with Gasteiger partial charge < -0.3 is 9.64 Å². The Balaban J connectivity index is 1.72. The number of nitrogens with zero attached hydrogens (tertiary/aromatic N) is 1. The molecule has 2 aliphatic heterocycles. The molecular weight excluding hydrogens is 252 g/mol. The van der Waals surface area contributed by atoms with Crippen LogP contribution in [0.1, 0.15) is 12.0 Å². The number of ether oxygens (including phenoxy) is 1. The van der Waals surface area contributed by atoms with Crippen molar-refractivity contribution >= 4 is 12.0 Å². The second-order valence-electron chi connectivity index (χ2n) is 4.83. The third-order valence-electron chi connectivity index (χ3n) is 3.55. The molecule has 1 amide bonds. The Labute approximate surface area is 109 Å². The van der Waals surface area contributed by atoms with Gasteiger partial charge in [0.1, 0.15) is 11.6 Å². The van der Waals surface area contributed by atoms with Gasteiger partial charge in [0.05, 0.1) is 18.8 Å². The lowest BCUT2D eigenvalue weighted by molar-refractivity contribution is -0.130. The van der Waals surface area contributed by atoms with Crippen LogP contribution in [0.2, 0.25) is 0 Å². The number of likely N-dealkylation sites (tertiary alicyclic amines) is 1. The van der Waals surface area contributed by atoms with Gasteiger partial charge in [-0.3, -0.25) is 4.79 Å². The van der Waals surface area contributed by atoms with Gasteiger partial charge in [0.25, 0.3) is 0 Å². The van der Waals surface area contributed by atoms with Crippen LogP contribution in [0.4, 0.5) is 8.78 Å². The molecule has 19 heavy (non-hydrogen) atoms. The molecule has 3 nitrogen and oxygen atoms in total. The first-order valence-electron chi connectivity index (χ1n) is 6.19. The van der Waals surface area contributed by atoms with E-state index in [1.165, 1.54) is 12.2 Å². The Morgan fingerprint density at radius 2 is 2.26 bits per heavy atom. The number of fused-ring (bicyclic) bond motifs is 2. The maximum atomic E-state index is 13.4. The van der Waals surface area contributed by atoms with Crippen molar-refractivity contribution in [2.75, 3.05) is 13.2 Å². The standard InChI is InChI=1S/C14H13F2NO2/c15-10-2-3-13(16)9(5-10)1-4-14(18)17-7-12-6-11(17)8-19-12/h1-5,11-12H,6-8H2. The summed E-state index contributed by atoms with van der Waals surface area (Å²) in [5.74, 6) is -1.25. The number of rotatable bonds is 2. The zero-order chi connectivity index (χ0) is 13.4. The topological polar surface area (TPSA) is 29.5 Å². The molecule has 2 fully saturated rings. The first kappa shape index (κ1) is 12.3. The summed E-state index contributed by atoms with van der Waals surface area (Å²) in [6.45, 7) is 1.15. The highest BCUT2D eigenvalue weighted by atomic mass is 19.1. The fourth-order valence-electron chi connectivity index (χ4n) is 2.57. The van der Waals surface area contributed by atoms with Crippen molar-refractivity contribution in [2.24, 2.45) is 0 Å². The molecule has 0 N–H and O–H groups in total. The van der Waals surface area contributed by atoms with Gasteiger partial charge in [-0.05, 0) is 30.7 Å². The Hall–Kier alpha value is -1.75. The summed E-state index contributed by atoms with van der Waals surface area (Å²) in [5, 5.41) is 0. The van der Waals surface area contributed by atoms with Crippen LogP contribution >= 0.6 is 0 Å². The third kappa shape index (κ3) is 2.38. The van der Waals surface area contributed by atoms with E-state index in [1.54, 1.807) is 4.90 Å². The summed E-state index contributed by atoms with van der Waals surface area (Å²) in [6, 6.07) is 3.29. The van der Waals surface area contributed by atoms with Crippen LogP contribution in [0.15, 0.2) is 24.3 Å². The highest BCUT2D eigenvalue weighted by Crippen LogP contribution is 2.27. The van der Waals surface area contributed by atoms with Crippen molar-refractivity contribution in [3.63, 3.8) is 0 Å². The molecule has 3 rings (SSSR count). The number of hydrogen-bond acceptors (Lipinski definition) is 2. The van der Waals surface area contributed by atoms with Gasteiger partial charge in [0.2, 0.25) is 5.91 Å². The predicted octanol–water partition coefficient (Wildman–Crippen LogP) is 1.98. The zero-order valence-corrected chi connectivity index (χ0v) is 10.2. The Bertz CT molecular complexity index is 544. The molecule has 2 heterocycles. The maximum absolute atomic E-state index is 13.4. The van der Waals surface area contributed by atoms with E-state index in [-0.39, 0.29) is 23.6 Å². The van der Waals surface area contributed by atoms with Crippen LogP contribution in [0.25, 0.3) is 6.08 Å². The summed E-state index contributed by atoms with van der Waals surface area (Å²) in [4.78, 5) is 13.7. The number of carbonyl (C=O) groups is 1. The number of benzene rings is 1. The summed E-state index contributed by atoms with van der Waals surface area (Å²) < 4.78 is 31.8. The number of hydrogen-bond donors (Lipinski definition) is 0. The van der Waals surface area contributed by atoms with Crippen molar-refractivity contribution < 1.29 is 18.3 Å². The predicted molar refractivity (Wildman–Crippen MR) is 65.3 cm³/mol. The Morgan fingerprint density at radius 1 is 1.42 bits per heavy atom. The van der Waals surface area contributed by atoms with Crippen LogP contribution in [0.5, 0.6) is 0 Å². The van der Waals surface area contributed by atoms with E-state index >= 15 is 0 Å². The van der Waals surface area contributed by atoms with Crippen LogP contribution < -0.4 is 0 Å². The second-order valence-corrected chi connectivity index (χ2v) is 4.83. The quantitative estimate of drug-likeness (QED) is 0.765. The van der Waals surface area contributed by atoms with E-state index in [1.807, 2.05) is 0 Å². The molecule has 0 aromatic heterocycles. The molecule has 100 valence electrons. The molecule has 0 radical (unpaired) electrons. The van der Waals surface area contributed by atoms with Gasteiger partial charge in [-0.2, -0.15) is 0 Å². The molecule has 2 unspecified atom stereocenters. The minimum Gasteiger partial charge on any atom is -0.374 e. The van der Waals surface area contributed by atoms with Gasteiger partial charge in [0.15, 0.2) is 0 Å². The molecule has 1 aromatic rings. The number of amides is 1. The van der Waals surface area contributed by atoms with Crippen LogP contribution in [-0.4, -0.2) is 36.1 Å². The molecular formula is C14H13F2NO2. The summed E-state index contributed by atoms with van der Waals surface area (Å²) >= 11 is 0. The molecule has 1 aromatic carbocycles. The van der Waals surface area contributed by atoms with Crippen LogP contribution in [0, 0.1) is 11.6 Å². The van der Waals surface area contributed by atoms with E-state index in [9.17, 15) is 13.6 Å². The van der Waals surface area contributed by atoms with Crippen molar-refractivity contribution in [3.8, 4) is 0 Å². The van der Waals surface area contributed by atoms with E-state index in [2.05, 4.69) is 0 Å². The van der Waals surface area contributed by atoms with Crippen molar-refractivity contribution in [1.29, 1.82) is 0 Å². The van der Waals surface area contributed by atoms with E-state index < -0.39 is 11.6 Å². The average molecular weight is 265 g/mol. The minimum atomic E-state index is -0.545. The van der Waals surface area contributed by atoms with Crippen LogP contribution in [-0.2, 0) is 9.53 Å². The molecule has 0 saturated carbocycles. The lowest BCUT2D eigenvalue weighted by Gasteiger charge is -2.25. The summed E-state index contributed by atoms with van der Waals surface area (Å²) in [5.41, 5.74) is 0.0777. The van der Waals surface area contributed by atoms with Gasteiger partial charge in [0, 0.05) is 18.2 Å². The smallest absolute Gasteiger partial charge is 0.246 e. The minimum absolute atomic E-state index is 0.0777. The normalized spacial score (nSPS) is 25.5. The molecule has 2 aliphatic rings.